The summed E-state index contributed by atoms with van der Waals surface area (Å²) in [5.41, 5.74) is 0.822. The van der Waals surface area contributed by atoms with Crippen LogP contribution in [0.1, 0.15) is 28.4 Å². The number of methoxy groups -OCH3 is 3. The summed E-state index contributed by atoms with van der Waals surface area (Å²) in [6.07, 6.45) is -5.27. The molecule has 0 aliphatic carbocycles. The van der Waals surface area contributed by atoms with Gasteiger partial charge in [-0.05, 0) is 37.6 Å². The number of phenols is 1. The third kappa shape index (κ3) is 4.30. The Labute approximate surface area is 207 Å². The fourth-order valence-electron chi connectivity index (χ4n) is 4.10. The van der Waals surface area contributed by atoms with Crippen molar-refractivity contribution >= 4 is 11.9 Å². The van der Waals surface area contributed by atoms with Crippen molar-refractivity contribution < 1.29 is 53.6 Å². The number of ether oxygens (including phenoxy) is 6. The third-order valence-electron chi connectivity index (χ3n) is 6.17. The average Bonchev–Trinajstić information content (AvgIpc) is 3.19. The molecule has 1 fully saturated rings. The van der Waals surface area contributed by atoms with Gasteiger partial charge in [-0.25, -0.2) is 0 Å². The zero-order valence-electron chi connectivity index (χ0n) is 20.3. The molecule has 0 spiro atoms. The van der Waals surface area contributed by atoms with Gasteiger partial charge in [0.1, 0.15) is 41.1 Å². The molecule has 2 aliphatic rings. The van der Waals surface area contributed by atoms with E-state index in [0.29, 0.717) is 28.4 Å². The highest BCUT2D eigenvalue weighted by Gasteiger charge is 2.44. The van der Waals surface area contributed by atoms with Gasteiger partial charge in [-0.3, -0.25) is 4.79 Å². The summed E-state index contributed by atoms with van der Waals surface area (Å²) in [4.78, 5) is 13.4. The molecule has 0 aromatic heterocycles. The van der Waals surface area contributed by atoms with Crippen molar-refractivity contribution in [2.24, 2.45) is 0 Å². The standard InChI is InChI=1S/C25H28O11/c1-10-13(26)9-14(36-25-22(30)21(29)19(27)11(2)34-25)18-20(28)15(35-23(10)18)6-12-7-16(31-3)24(33-5)17(8-12)32-4/h6-9,11,19,21-22,25-27,29-30H,1-5H3/t11-,19-,21+,22+,25-/m0/s1. The molecular formula is C25H28O11. The third-order valence-corrected chi connectivity index (χ3v) is 6.17. The van der Waals surface area contributed by atoms with Gasteiger partial charge in [0.25, 0.3) is 0 Å². The number of hydrogen-bond donors (Lipinski definition) is 4. The number of aliphatic hydroxyl groups excluding tert-OH is 3. The van der Waals surface area contributed by atoms with Gasteiger partial charge in [-0.1, -0.05) is 0 Å². The van der Waals surface area contributed by atoms with Gasteiger partial charge in [-0.15, -0.1) is 0 Å². The summed E-state index contributed by atoms with van der Waals surface area (Å²) in [6, 6.07) is 4.47. The second-order valence-corrected chi connectivity index (χ2v) is 8.42. The van der Waals surface area contributed by atoms with Crippen molar-refractivity contribution in [2.45, 2.75) is 44.6 Å². The van der Waals surface area contributed by atoms with Crippen LogP contribution >= 0.6 is 0 Å². The zero-order valence-corrected chi connectivity index (χ0v) is 20.3. The molecule has 2 aromatic carbocycles. The molecule has 2 aliphatic heterocycles. The van der Waals surface area contributed by atoms with Gasteiger partial charge in [0, 0.05) is 11.6 Å². The second-order valence-electron chi connectivity index (χ2n) is 8.42. The number of benzene rings is 2. The normalized spacial score (nSPS) is 26.4. The maximum absolute atomic E-state index is 13.4. The highest BCUT2D eigenvalue weighted by molar-refractivity contribution is 6.16. The van der Waals surface area contributed by atoms with Crippen LogP contribution in [0, 0.1) is 6.92 Å². The topological polar surface area (TPSA) is 153 Å². The zero-order chi connectivity index (χ0) is 26.3. The number of fused-ring (bicyclic) bond motifs is 1. The molecule has 11 heteroatoms. The van der Waals surface area contributed by atoms with E-state index in [-0.39, 0.29) is 28.6 Å². The Hall–Kier alpha value is -3.51. The van der Waals surface area contributed by atoms with E-state index in [2.05, 4.69) is 0 Å². The minimum absolute atomic E-state index is 0.00746. The van der Waals surface area contributed by atoms with E-state index < -0.39 is 36.5 Å². The van der Waals surface area contributed by atoms with Crippen LogP contribution in [0.25, 0.3) is 6.08 Å². The minimum atomic E-state index is -1.61. The molecular weight excluding hydrogens is 476 g/mol. The highest BCUT2D eigenvalue weighted by atomic mass is 16.7. The van der Waals surface area contributed by atoms with Gasteiger partial charge in [-0.2, -0.15) is 0 Å². The number of allylic oxidation sites excluding steroid dienone is 1. The van der Waals surface area contributed by atoms with E-state index in [9.17, 15) is 25.2 Å². The number of aliphatic hydroxyl groups is 3. The Morgan fingerprint density at radius 2 is 1.56 bits per heavy atom. The molecule has 0 bridgehead atoms. The lowest BCUT2D eigenvalue weighted by Crippen LogP contribution is -2.58. The first-order valence-electron chi connectivity index (χ1n) is 11.1. The van der Waals surface area contributed by atoms with Crippen molar-refractivity contribution in [3.8, 4) is 34.5 Å². The Bertz CT molecular complexity index is 1180. The van der Waals surface area contributed by atoms with Crippen molar-refractivity contribution in [1.29, 1.82) is 0 Å². The average molecular weight is 504 g/mol. The molecule has 2 aromatic rings. The van der Waals surface area contributed by atoms with E-state index in [1.165, 1.54) is 40.4 Å². The summed E-state index contributed by atoms with van der Waals surface area (Å²) in [7, 11) is 4.41. The SMILES string of the molecule is COc1cc(C=C2Oc3c(C)c(O)cc(O[C@@H]4O[C@@H](C)[C@H](O)[C@@H](O)[C@H]4O)c3C2=O)cc(OC)c1OC. The number of carbonyl (C=O) groups is 1. The highest BCUT2D eigenvalue weighted by Crippen LogP contribution is 2.46. The van der Waals surface area contributed by atoms with Crippen LogP contribution in [0.5, 0.6) is 34.5 Å². The van der Waals surface area contributed by atoms with E-state index >= 15 is 0 Å². The molecule has 36 heavy (non-hydrogen) atoms. The Morgan fingerprint density at radius 3 is 2.14 bits per heavy atom. The number of Topliss-reactive ketones (excluding diaryl/α,β-unsaturated/α-hetero) is 1. The quantitative estimate of drug-likeness (QED) is 0.424. The van der Waals surface area contributed by atoms with Gasteiger partial charge >= 0.3 is 0 Å². The summed E-state index contributed by atoms with van der Waals surface area (Å²) in [6.45, 7) is 3.07. The van der Waals surface area contributed by atoms with Crippen LogP contribution in [-0.2, 0) is 4.74 Å². The molecule has 11 nitrogen and oxygen atoms in total. The Kier molecular flexibility index (Phi) is 7.01. The van der Waals surface area contributed by atoms with Gasteiger partial charge in [0.2, 0.25) is 17.8 Å². The molecule has 5 atom stereocenters. The predicted molar refractivity (Wildman–Crippen MR) is 125 cm³/mol. The maximum Gasteiger partial charge on any atom is 0.235 e. The number of carbonyl (C=O) groups excluding carboxylic acids is 1. The molecule has 0 amide bonds. The summed E-state index contributed by atoms with van der Waals surface area (Å²) in [5, 5.41) is 40.8. The minimum Gasteiger partial charge on any atom is -0.507 e. The number of hydrogen-bond acceptors (Lipinski definition) is 11. The Morgan fingerprint density at radius 1 is 0.917 bits per heavy atom. The van der Waals surface area contributed by atoms with Crippen molar-refractivity contribution in [1.82, 2.24) is 0 Å². The van der Waals surface area contributed by atoms with Crippen LogP contribution in [0.2, 0.25) is 0 Å². The molecule has 194 valence electrons. The lowest BCUT2D eigenvalue weighted by Gasteiger charge is -2.39. The van der Waals surface area contributed by atoms with Crippen LogP contribution in [0.15, 0.2) is 24.0 Å². The Balaban J connectivity index is 1.72. The first kappa shape index (κ1) is 25.6. The summed E-state index contributed by atoms with van der Waals surface area (Å²) >= 11 is 0. The van der Waals surface area contributed by atoms with Crippen molar-refractivity contribution in [3.05, 3.63) is 40.6 Å². The largest absolute Gasteiger partial charge is 0.507 e. The maximum atomic E-state index is 13.4. The monoisotopic (exact) mass is 504 g/mol. The van der Waals surface area contributed by atoms with Crippen molar-refractivity contribution in [2.75, 3.05) is 21.3 Å². The lowest BCUT2D eigenvalue weighted by atomic mass is 10.00. The first-order chi connectivity index (χ1) is 17.1. The molecule has 0 saturated carbocycles. The van der Waals surface area contributed by atoms with Gasteiger partial charge < -0.3 is 48.8 Å². The number of rotatable bonds is 6. The number of ketones is 1. The van der Waals surface area contributed by atoms with Crippen molar-refractivity contribution in [3.63, 3.8) is 0 Å². The molecule has 0 radical (unpaired) electrons. The van der Waals surface area contributed by atoms with E-state index in [1.54, 1.807) is 19.1 Å². The fraction of sp³-hybridized carbons (Fsp3) is 0.400. The molecule has 2 heterocycles. The van der Waals surface area contributed by atoms with Crippen LogP contribution in [0.3, 0.4) is 0 Å². The van der Waals surface area contributed by atoms with Crippen LogP contribution in [0.4, 0.5) is 0 Å². The summed E-state index contributed by atoms with van der Waals surface area (Å²) < 4.78 is 33.1. The second kappa shape index (κ2) is 9.86. The summed E-state index contributed by atoms with van der Waals surface area (Å²) in [5.74, 6) is 0.268. The lowest BCUT2D eigenvalue weighted by molar-refractivity contribution is -0.268. The van der Waals surface area contributed by atoms with Gasteiger partial charge in [0.15, 0.2) is 17.3 Å². The smallest absolute Gasteiger partial charge is 0.235 e. The fourth-order valence-corrected chi connectivity index (χ4v) is 4.10. The number of aromatic hydroxyl groups is 1. The molecule has 1 saturated heterocycles. The predicted octanol–water partition coefficient (Wildman–Crippen LogP) is 1.55. The molecule has 4 N–H and O–H groups in total. The van der Waals surface area contributed by atoms with E-state index in [4.69, 9.17) is 28.4 Å². The first-order valence-corrected chi connectivity index (χ1v) is 11.1. The van der Waals surface area contributed by atoms with Gasteiger partial charge in [0.05, 0.1) is 27.4 Å². The van der Waals surface area contributed by atoms with Crippen LogP contribution in [-0.4, -0.2) is 78.2 Å². The molecule has 4 rings (SSSR count). The number of phenolic OH excluding ortho intramolecular Hbond substituents is 1. The van der Waals surface area contributed by atoms with E-state index in [0.717, 1.165) is 0 Å². The van der Waals surface area contributed by atoms with Crippen LogP contribution < -0.4 is 23.7 Å². The molecule has 0 unspecified atom stereocenters. The van der Waals surface area contributed by atoms with E-state index in [1.807, 2.05) is 0 Å².